The number of nitriles is 1. The van der Waals surface area contributed by atoms with Crippen LogP contribution in [0, 0.1) is 11.5 Å². The maximum atomic E-state index is 12.1. The van der Waals surface area contributed by atoms with E-state index in [2.05, 4.69) is 4.74 Å². The van der Waals surface area contributed by atoms with E-state index in [-0.39, 0.29) is 6.26 Å². The Balaban J connectivity index is 0.000000397. The second-order valence-corrected chi connectivity index (χ2v) is 2.79. The maximum absolute atomic E-state index is 12.1. The molecule has 0 spiro atoms. The summed E-state index contributed by atoms with van der Waals surface area (Å²) in [6.45, 7) is 0. The first-order valence-corrected chi connectivity index (χ1v) is 4.36. The fourth-order valence-electron chi connectivity index (χ4n) is 0.677. The molecule has 0 heterocycles. The van der Waals surface area contributed by atoms with Gasteiger partial charge in [-0.1, -0.05) is 36.4 Å². The Morgan fingerprint density at radius 2 is 1.22 bits per heavy atom. The first-order valence-electron chi connectivity index (χ1n) is 4.36. The molecule has 0 amide bonds. The van der Waals surface area contributed by atoms with Crippen molar-refractivity contribution in [3.63, 3.8) is 0 Å². The molecule has 100 valence electrons. The van der Waals surface area contributed by atoms with Crippen LogP contribution in [0.3, 0.4) is 0 Å². The Morgan fingerprint density at radius 3 is 1.33 bits per heavy atom. The highest BCUT2D eigenvalue weighted by Gasteiger charge is 2.66. The van der Waals surface area contributed by atoms with Crippen LogP contribution in [-0.4, -0.2) is 18.5 Å². The summed E-state index contributed by atoms with van der Waals surface area (Å²) in [7, 11) is 0. The lowest BCUT2D eigenvalue weighted by atomic mass is 10.3. The molecule has 0 N–H and O–H groups in total. The lowest BCUT2D eigenvalue weighted by Gasteiger charge is -2.22. The number of benzene rings is 1. The van der Waals surface area contributed by atoms with Gasteiger partial charge in [0.1, 0.15) is 0 Å². The molecule has 0 saturated carbocycles. The van der Waals surface area contributed by atoms with Crippen molar-refractivity contribution in [1.29, 1.82) is 5.26 Å². The van der Waals surface area contributed by atoms with Gasteiger partial charge in [-0.25, -0.2) is 8.78 Å². The second-order valence-electron chi connectivity index (χ2n) is 2.79. The summed E-state index contributed by atoms with van der Waals surface area (Å²) in [5.41, 5.74) is 0. The molecule has 0 aliphatic carbocycles. The van der Waals surface area contributed by atoms with Gasteiger partial charge in [0, 0.05) is 0 Å². The maximum Gasteiger partial charge on any atom is 0.467 e. The van der Waals surface area contributed by atoms with Gasteiger partial charge in [-0.05, 0) is 0 Å². The molecule has 1 aromatic carbocycles. The van der Waals surface area contributed by atoms with Gasteiger partial charge < -0.3 is 4.74 Å². The first-order chi connectivity index (χ1) is 8.25. The van der Waals surface area contributed by atoms with E-state index in [1.54, 1.807) is 0 Å². The molecular formula is C10H7F6NO. The van der Waals surface area contributed by atoms with Crippen LogP contribution in [0.15, 0.2) is 36.4 Å². The molecule has 0 radical (unpaired) electrons. The molecule has 1 aromatic rings. The molecule has 1 unspecified atom stereocenters. The summed E-state index contributed by atoms with van der Waals surface area (Å²) in [4.78, 5) is 0. The summed E-state index contributed by atoms with van der Waals surface area (Å²) >= 11 is 0. The molecule has 0 aliphatic rings. The van der Waals surface area contributed by atoms with Gasteiger partial charge in [-0.2, -0.15) is 22.8 Å². The molecular weight excluding hydrogens is 264 g/mol. The summed E-state index contributed by atoms with van der Waals surface area (Å²) in [6, 6.07) is 12.0. The summed E-state index contributed by atoms with van der Waals surface area (Å²) in [5.74, 6) is -5.21. The average Bonchev–Trinajstić information content (AvgIpc) is 2.30. The lowest BCUT2D eigenvalue weighted by Crippen LogP contribution is -2.48. The average molecular weight is 271 g/mol. The number of hydrogen-bond acceptors (Lipinski definition) is 2. The molecule has 0 aromatic heterocycles. The highest BCUT2D eigenvalue weighted by atomic mass is 19.4. The predicted molar refractivity (Wildman–Crippen MR) is 49.0 cm³/mol. The summed E-state index contributed by atoms with van der Waals surface area (Å²) in [5, 5.41) is 7.47. The van der Waals surface area contributed by atoms with Gasteiger partial charge in [0.15, 0.2) is 0 Å². The van der Waals surface area contributed by atoms with Gasteiger partial charge in [0.05, 0.1) is 0 Å². The zero-order valence-electron chi connectivity index (χ0n) is 8.66. The van der Waals surface area contributed by atoms with Gasteiger partial charge in [-0.3, -0.25) is 0 Å². The number of alkyl halides is 6. The Bertz CT molecular complexity index is 347. The third-order valence-corrected chi connectivity index (χ3v) is 1.53. The minimum Gasteiger partial charge on any atom is -0.372 e. The molecule has 1 atom stereocenters. The van der Waals surface area contributed by atoms with Gasteiger partial charge in [0.2, 0.25) is 0 Å². The van der Waals surface area contributed by atoms with Crippen LogP contribution in [0.1, 0.15) is 0 Å². The number of ether oxygens (including phenoxy) is 1. The quantitative estimate of drug-likeness (QED) is 0.607. The van der Waals surface area contributed by atoms with Crippen molar-refractivity contribution < 1.29 is 31.1 Å². The fourth-order valence-corrected chi connectivity index (χ4v) is 0.677. The van der Waals surface area contributed by atoms with E-state index < -0.39 is 18.5 Å². The standard InChI is InChI=1S/C6H6.C4HF6NO/c1-2-4-6-5-3-1;5-2(6)3(7,12-1-11)4(8,9)10/h1-6H;2H. The summed E-state index contributed by atoms with van der Waals surface area (Å²) < 4.78 is 71.7. The van der Waals surface area contributed by atoms with E-state index in [9.17, 15) is 26.3 Å². The Morgan fingerprint density at radius 1 is 0.889 bits per heavy atom. The normalized spacial score (nSPS) is 13.9. The van der Waals surface area contributed by atoms with Crippen molar-refractivity contribution in [1.82, 2.24) is 0 Å². The Kier molecular flexibility index (Phi) is 6.02. The van der Waals surface area contributed by atoms with E-state index in [0.29, 0.717) is 0 Å². The highest BCUT2D eigenvalue weighted by Crippen LogP contribution is 2.39. The minimum absolute atomic E-state index is 0.221. The van der Waals surface area contributed by atoms with Crippen molar-refractivity contribution in [2.24, 2.45) is 0 Å². The van der Waals surface area contributed by atoms with E-state index in [1.807, 2.05) is 36.4 Å². The van der Waals surface area contributed by atoms with Crippen LogP contribution in [0.2, 0.25) is 0 Å². The second kappa shape index (κ2) is 6.74. The minimum atomic E-state index is -5.93. The van der Waals surface area contributed by atoms with E-state index >= 15 is 0 Å². The highest BCUT2D eigenvalue weighted by molar-refractivity contribution is 4.99. The van der Waals surface area contributed by atoms with Crippen LogP contribution in [-0.2, 0) is 4.74 Å². The third kappa shape index (κ3) is 4.53. The van der Waals surface area contributed by atoms with Crippen molar-refractivity contribution in [2.45, 2.75) is 18.5 Å². The zero-order valence-corrected chi connectivity index (χ0v) is 8.66. The number of halogens is 6. The van der Waals surface area contributed by atoms with Crippen LogP contribution in [0.25, 0.3) is 0 Å². The molecule has 18 heavy (non-hydrogen) atoms. The SMILES string of the molecule is N#COC(F)(C(F)F)C(F)(F)F.c1ccccc1. The van der Waals surface area contributed by atoms with Gasteiger partial charge in [0.25, 0.3) is 6.26 Å². The number of nitrogens with zero attached hydrogens (tertiary/aromatic N) is 1. The van der Waals surface area contributed by atoms with Crippen molar-refractivity contribution >= 4 is 0 Å². The first kappa shape index (κ1) is 16.1. The van der Waals surface area contributed by atoms with E-state index in [1.165, 1.54) is 0 Å². The number of hydrogen-bond donors (Lipinski definition) is 0. The smallest absolute Gasteiger partial charge is 0.372 e. The molecule has 8 heteroatoms. The van der Waals surface area contributed by atoms with Gasteiger partial charge >= 0.3 is 18.5 Å². The molecule has 0 aliphatic heterocycles. The predicted octanol–water partition coefficient (Wildman–Crippen LogP) is 3.66. The topological polar surface area (TPSA) is 33.0 Å². The van der Waals surface area contributed by atoms with Crippen molar-refractivity contribution in [2.75, 3.05) is 0 Å². The molecule has 2 nitrogen and oxygen atoms in total. The van der Waals surface area contributed by atoms with Gasteiger partial charge in [-0.15, -0.1) is 0 Å². The monoisotopic (exact) mass is 271 g/mol. The molecule has 0 bridgehead atoms. The van der Waals surface area contributed by atoms with Crippen molar-refractivity contribution in [3.05, 3.63) is 36.4 Å². The molecule has 0 fully saturated rings. The lowest BCUT2D eigenvalue weighted by molar-refractivity contribution is -0.350. The van der Waals surface area contributed by atoms with Crippen molar-refractivity contribution in [3.8, 4) is 6.26 Å². The summed E-state index contributed by atoms with van der Waals surface area (Å²) in [6.07, 6.45) is -10.2. The Labute approximate surface area is 98.4 Å². The van der Waals surface area contributed by atoms with Crippen LogP contribution < -0.4 is 0 Å². The Hall–Kier alpha value is -1.91. The van der Waals surface area contributed by atoms with E-state index in [4.69, 9.17) is 5.26 Å². The van der Waals surface area contributed by atoms with Crippen LogP contribution in [0.4, 0.5) is 26.3 Å². The number of rotatable bonds is 2. The largest absolute Gasteiger partial charge is 0.467 e. The molecule has 0 saturated heterocycles. The third-order valence-electron chi connectivity index (χ3n) is 1.53. The zero-order chi connectivity index (χ0) is 14.2. The van der Waals surface area contributed by atoms with E-state index in [0.717, 1.165) is 0 Å². The van der Waals surface area contributed by atoms with Crippen LogP contribution in [0.5, 0.6) is 0 Å². The molecule has 1 rings (SSSR count). The van der Waals surface area contributed by atoms with Crippen LogP contribution >= 0.6 is 0 Å². The fraction of sp³-hybridized carbons (Fsp3) is 0.300.